The minimum Gasteiger partial charge on any atom is -0.466 e. The second-order valence-corrected chi connectivity index (χ2v) is 6.20. The Balaban J connectivity index is 2.55. The smallest absolute Gasteiger partial charge is 0.310 e. The molecule has 0 bridgehead atoms. The molecule has 1 amide bonds. The van der Waals surface area contributed by atoms with Gasteiger partial charge in [0.15, 0.2) is 0 Å². The molecule has 0 heterocycles. The summed E-state index contributed by atoms with van der Waals surface area (Å²) in [7, 11) is 0. The molecule has 1 saturated carbocycles. The van der Waals surface area contributed by atoms with Crippen LogP contribution in [-0.4, -0.2) is 43.3 Å². The van der Waals surface area contributed by atoms with E-state index in [-0.39, 0.29) is 30.4 Å². The molecule has 122 valence electrons. The maximum atomic E-state index is 12.4. The summed E-state index contributed by atoms with van der Waals surface area (Å²) in [6, 6.07) is 0. The Morgan fingerprint density at radius 3 is 2.43 bits per heavy atom. The second-order valence-electron chi connectivity index (χ2n) is 6.20. The van der Waals surface area contributed by atoms with Crippen molar-refractivity contribution in [3.63, 3.8) is 0 Å². The van der Waals surface area contributed by atoms with E-state index in [1.165, 1.54) is 0 Å². The number of nitrogens with two attached hydrogens (primary N) is 1. The monoisotopic (exact) mass is 300 g/mol. The van der Waals surface area contributed by atoms with Crippen molar-refractivity contribution < 1.29 is 19.1 Å². The number of carbonyl (C=O) groups is 2. The summed E-state index contributed by atoms with van der Waals surface area (Å²) in [5.41, 5.74) is 4.87. The fraction of sp³-hybridized carbons (Fsp3) is 0.867. The van der Waals surface area contributed by atoms with Crippen molar-refractivity contribution in [1.82, 2.24) is 5.32 Å². The van der Waals surface area contributed by atoms with Gasteiger partial charge in [-0.15, -0.1) is 0 Å². The number of hydrogen-bond donors (Lipinski definition) is 2. The lowest BCUT2D eigenvalue weighted by Crippen LogP contribution is -2.75. The third-order valence-electron chi connectivity index (χ3n) is 4.49. The van der Waals surface area contributed by atoms with Crippen molar-refractivity contribution in [1.29, 1.82) is 0 Å². The van der Waals surface area contributed by atoms with E-state index in [0.29, 0.717) is 19.6 Å². The SMILES string of the molecule is CCOC(=O)C(C)CNC(=O)C1(N)CC(OCC)C1(C)C. The van der Waals surface area contributed by atoms with Gasteiger partial charge < -0.3 is 20.5 Å². The Kier molecular flexibility index (Phi) is 5.75. The lowest BCUT2D eigenvalue weighted by Gasteiger charge is -2.57. The van der Waals surface area contributed by atoms with E-state index in [9.17, 15) is 9.59 Å². The Labute approximate surface area is 126 Å². The molecule has 6 nitrogen and oxygen atoms in total. The summed E-state index contributed by atoms with van der Waals surface area (Å²) >= 11 is 0. The van der Waals surface area contributed by atoms with Crippen molar-refractivity contribution in [3.05, 3.63) is 0 Å². The van der Waals surface area contributed by atoms with Crippen LogP contribution in [0.15, 0.2) is 0 Å². The van der Waals surface area contributed by atoms with Crippen molar-refractivity contribution in [3.8, 4) is 0 Å². The highest BCUT2D eigenvalue weighted by Crippen LogP contribution is 2.49. The lowest BCUT2D eigenvalue weighted by molar-refractivity contribution is -0.170. The minimum atomic E-state index is -0.957. The zero-order valence-corrected chi connectivity index (χ0v) is 13.7. The number of nitrogens with one attached hydrogen (secondary N) is 1. The van der Waals surface area contributed by atoms with Crippen LogP contribution in [0.5, 0.6) is 0 Å². The molecule has 21 heavy (non-hydrogen) atoms. The van der Waals surface area contributed by atoms with Gasteiger partial charge in [-0.05, 0) is 13.8 Å². The molecular weight excluding hydrogens is 272 g/mol. The van der Waals surface area contributed by atoms with Crippen molar-refractivity contribution in [2.75, 3.05) is 19.8 Å². The summed E-state index contributed by atoms with van der Waals surface area (Å²) in [6.07, 6.45) is 0.480. The number of carbonyl (C=O) groups excluding carboxylic acids is 2. The van der Waals surface area contributed by atoms with Gasteiger partial charge in [0.25, 0.3) is 0 Å². The highest BCUT2D eigenvalue weighted by Gasteiger charge is 2.62. The van der Waals surface area contributed by atoms with E-state index in [4.69, 9.17) is 15.2 Å². The molecular formula is C15H28N2O4. The fourth-order valence-corrected chi connectivity index (χ4v) is 2.59. The molecule has 0 aromatic heterocycles. The Morgan fingerprint density at radius 1 is 1.33 bits per heavy atom. The van der Waals surface area contributed by atoms with Crippen molar-refractivity contribution in [2.24, 2.45) is 17.1 Å². The summed E-state index contributed by atoms with van der Waals surface area (Å²) in [5.74, 6) is -0.938. The molecule has 0 radical (unpaired) electrons. The molecule has 1 aliphatic carbocycles. The van der Waals surface area contributed by atoms with Gasteiger partial charge in [-0.3, -0.25) is 9.59 Å². The normalized spacial score (nSPS) is 28.4. The van der Waals surface area contributed by atoms with Gasteiger partial charge in [0.1, 0.15) is 5.54 Å². The average molecular weight is 300 g/mol. The van der Waals surface area contributed by atoms with E-state index >= 15 is 0 Å². The summed E-state index contributed by atoms with van der Waals surface area (Å²) in [5, 5.41) is 2.76. The molecule has 3 unspecified atom stereocenters. The van der Waals surface area contributed by atoms with Crippen LogP contribution in [0.3, 0.4) is 0 Å². The van der Waals surface area contributed by atoms with Crippen LogP contribution < -0.4 is 11.1 Å². The van der Waals surface area contributed by atoms with Gasteiger partial charge >= 0.3 is 5.97 Å². The first kappa shape index (κ1) is 17.9. The molecule has 0 aromatic rings. The number of ether oxygens (including phenoxy) is 2. The first-order valence-electron chi connectivity index (χ1n) is 7.56. The van der Waals surface area contributed by atoms with Gasteiger partial charge in [-0.1, -0.05) is 20.8 Å². The molecule has 1 aliphatic rings. The van der Waals surface area contributed by atoms with Gasteiger partial charge in [0.05, 0.1) is 18.6 Å². The quantitative estimate of drug-likeness (QED) is 0.680. The standard InChI is InChI=1S/C15H28N2O4/c1-6-20-11-8-15(16,14(11,4)5)13(19)17-9-10(3)12(18)21-7-2/h10-11H,6-9,16H2,1-5H3,(H,17,19). The van der Waals surface area contributed by atoms with E-state index in [1.54, 1.807) is 13.8 Å². The lowest BCUT2D eigenvalue weighted by atomic mass is 9.54. The van der Waals surface area contributed by atoms with Gasteiger partial charge in [0, 0.05) is 25.0 Å². The Hall–Kier alpha value is -1.14. The third kappa shape index (κ3) is 3.37. The van der Waals surface area contributed by atoms with Crippen LogP contribution in [0.25, 0.3) is 0 Å². The number of hydrogen-bond acceptors (Lipinski definition) is 5. The molecule has 0 saturated heterocycles. The van der Waals surface area contributed by atoms with Gasteiger partial charge in [-0.2, -0.15) is 0 Å². The van der Waals surface area contributed by atoms with Crippen LogP contribution in [0, 0.1) is 11.3 Å². The highest BCUT2D eigenvalue weighted by molar-refractivity contribution is 5.89. The fourth-order valence-electron chi connectivity index (χ4n) is 2.59. The zero-order chi connectivity index (χ0) is 16.3. The van der Waals surface area contributed by atoms with Crippen molar-refractivity contribution >= 4 is 11.9 Å². The first-order chi connectivity index (χ1) is 9.70. The zero-order valence-electron chi connectivity index (χ0n) is 13.7. The van der Waals surface area contributed by atoms with Crippen LogP contribution in [-0.2, 0) is 19.1 Å². The van der Waals surface area contributed by atoms with Gasteiger partial charge in [0.2, 0.25) is 5.91 Å². The Bertz CT molecular complexity index is 397. The van der Waals surface area contributed by atoms with Gasteiger partial charge in [-0.25, -0.2) is 0 Å². The molecule has 0 aromatic carbocycles. The van der Waals surface area contributed by atoms with E-state index in [2.05, 4.69) is 5.32 Å². The van der Waals surface area contributed by atoms with E-state index in [0.717, 1.165) is 0 Å². The predicted molar refractivity (Wildman–Crippen MR) is 79.5 cm³/mol. The average Bonchev–Trinajstić information content (AvgIpc) is 2.43. The van der Waals surface area contributed by atoms with E-state index in [1.807, 2.05) is 20.8 Å². The molecule has 0 spiro atoms. The summed E-state index contributed by atoms with van der Waals surface area (Å²) in [6.45, 7) is 10.4. The molecule has 3 N–H and O–H groups in total. The molecule has 1 rings (SSSR count). The number of esters is 1. The highest BCUT2D eigenvalue weighted by atomic mass is 16.5. The van der Waals surface area contributed by atoms with E-state index < -0.39 is 11.0 Å². The third-order valence-corrected chi connectivity index (χ3v) is 4.49. The molecule has 1 fully saturated rings. The topological polar surface area (TPSA) is 90.7 Å². The summed E-state index contributed by atoms with van der Waals surface area (Å²) in [4.78, 5) is 23.9. The molecule has 3 atom stereocenters. The molecule has 0 aliphatic heterocycles. The predicted octanol–water partition coefficient (Wildman–Crippen LogP) is 0.834. The first-order valence-corrected chi connectivity index (χ1v) is 7.56. The van der Waals surface area contributed by atoms with Crippen LogP contribution >= 0.6 is 0 Å². The number of rotatable bonds is 7. The maximum Gasteiger partial charge on any atom is 0.310 e. The number of amides is 1. The van der Waals surface area contributed by atoms with Crippen LogP contribution in [0.2, 0.25) is 0 Å². The maximum absolute atomic E-state index is 12.4. The largest absolute Gasteiger partial charge is 0.466 e. The minimum absolute atomic E-state index is 0.0132. The second kappa shape index (κ2) is 6.75. The molecule has 6 heteroatoms. The summed E-state index contributed by atoms with van der Waals surface area (Å²) < 4.78 is 10.5. The van der Waals surface area contributed by atoms with Crippen LogP contribution in [0.4, 0.5) is 0 Å². The van der Waals surface area contributed by atoms with Crippen molar-refractivity contribution in [2.45, 2.75) is 52.7 Å². The Morgan fingerprint density at radius 2 is 1.95 bits per heavy atom. The van der Waals surface area contributed by atoms with Crippen LogP contribution in [0.1, 0.15) is 41.0 Å².